The first-order chi connectivity index (χ1) is 12.2. The zero-order chi connectivity index (χ0) is 17.5. The van der Waals surface area contributed by atoms with Crippen LogP contribution in [0.4, 0.5) is 0 Å². The molecule has 1 aliphatic rings. The minimum absolute atomic E-state index is 0.160. The molecule has 1 N–H and O–H groups in total. The fraction of sp³-hybridized carbons (Fsp3) is 0.474. The van der Waals surface area contributed by atoms with Crippen LogP contribution in [0.15, 0.2) is 36.9 Å². The highest BCUT2D eigenvalue weighted by Crippen LogP contribution is 2.22. The van der Waals surface area contributed by atoms with E-state index in [1.54, 1.807) is 7.05 Å². The van der Waals surface area contributed by atoms with E-state index in [4.69, 9.17) is 0 Å². The van der Waals surface area contributed by atoms with Crippen LogP contribution in [0, 0.1) is 5.92 Å². The molecule has 2 aromatic heterocycles. The van der Waals surface area contributed by atoms with Crippen molar-refractivity contribution in [3.8, 4) is 0 Å². The van der Waals surface area contributed by atoms with Crippen LogP contribution >= 0.6 is 0 Å². The molecule has 1 aliphatic heterocycles. The van der Waals surface area contributed by atoms with Crippen LogP contribution in [-0.2, 0) is 13.0 Å². The number of carbonyl (C=O) groups excluding carboxylic acids is 1. The number of hydrogen-bond donors (Lipinski definition) is 1. The van der Waals surface area contributed by atoms with Crippen molar-refractivity contribution in [2.24, 2.45) is 5.92 Å². The second-order valence-electron chi connectivity index (χ2n) is 6.61. The van der Waals surface area contributed by atoms with Crippen molar-refractivity contribution in [3.05, 3.63) is 53.9 Å². The Labute approximate surface area is 148 Å². The van der Waals surface area contributed by atoms with E-state index in [1.165, 1.54) is 24.7 Å². The number of likely N-dealkylation sites (tertiary alicyclic amines) is 1. The molecule has 132 valence electrons. The summed E-state index contributed by atoms with van der Waals surface area (Å²) >= 11 is 0. The summed E-state index contributed by atoms with van der Waals surface area (Å²) in [5, 5.41) is 2.61. The smallest absolute Gasteiger partial charge is 0.269 e. The molecule has 3 heterocycles. The second-order valence-corrected chi connectivity index (χ2v) is 6.61. The van der Waals surface area contributed by atoms with Gasteiger partial charge in [-0.05, 0) is 62.4 Å². The summed E-state index contributed by atoms with van der Waals surface area (Å²) in [7, 11) is 1.62. The van der Waals surface area contributed by atoms with Gasteiger partial charge >= 0.3 is 0 Å². The van der Waals surface area contributed by atoms with Crippen LogP contribution in [0.3, 0.4) is 0 Å². The van der Waals surface area contributed by atoms with E-state index in [0.717, 1.165) is 38.2 Å². The fourth-order valence-corrected chi connectivity index (χ4v) is 3.39. The Hall–Kier alpha value is -2.34. The lowest BCUT2D eigenvalue weighted by Gasteiger charge is -2.20. The van der Waals surface area contributed by atoms with Gasteiger partial charge < -0.3 is 5.32 Å². The highest BCUT2D eigenvalue weighted by Gasteiger charge is 2.18. The molecule has 25 heavy (non-hydrogen) atoms. The molecule has 0 aromatic carbocycles. The molecule has 1 fully saturated rings. The maximum Gasteiger partial charge on any atom is 0.269 e. The predicted octanol–water partition coefficient (Wildman–Crippen LogP) is 2.08. The van der Waals surface area contributed by atoms with Gasteiger partial charge in [-0.2, -0.15) is 0 Å². The third-order valence-electron chi connectivity index (χ3n) is 4.75. The van der Waals surface area contributed by atoms with Gasteiger partial charge in [0, 0.05) is 31.7 Å². The summed E-state index contributed by atoms with van der Waals surface area (Å²) < 4.78 is 0. The molecule has 6 nitrogen and oxygen atoms in total. The molecule has 0 bridgehead atoms. The summed E-state index contributed by atoms with van der Waals surface area (Å²) in [6, 6.07) is 5.95. The largest absolute Gasteiger partial charge is 0.354 e. The molecule has 0 radical (unpaired) electrons. The van der Waals surface area contributed by atoms with Crippen LogP contribution in [0.2, 0.25) is 0 Å². The van der Waals surface area contributed by atoms with Crippen molar-refractivity contribution < 1.29 is 4.79 Å². The lowest BCUT2D eigenvalue weighted by atomic mass is 9.95. The Kier molecular flexibility index (Phi) is 6.06. The highest BCUT2D eigenvalue weighted by molar-refractivity contribution is 5.91. The zero-order valence-electron chi connectivity index (χ0n) is 14.7. The summed E-state index contributed by atoms with van der Waals surface area (Å²) in [4.78, 5) is 26.8. The van der Waals surface area contributed by atoms with Crippen LogP contribution in [0.1, 0.15) is 41.0 Å². The van der Waals surface area contributed by atoms with E-state index >= 15 is 0 Å². The quantitative estimate of drug-likeness (QED) is 0.903. The van der Waals surface area contributed by atoms with E-state index in [0.29, 0.717) is 11.6 Å². The fourth-order valence-electron chi connectivity index (χ4n) is 3.39. The van der Waals surface area contributed by atoms with E-state index in [9.17, 15) is 4.79 Å². The van der Waals surface area contributed by atoms with Gasteiger partial charge in [0.2, 0.25) is 0 Å². The third kappa shape index (κ3) is 5.06. The summed E-state index contributed by atoms with van der Waals surface area (Å²) in [6.07, 6.45) is 9.71. The first-order valence-corrected chi connectivity index (χ1v) is 8.89. The van der Waals surface area contributed by atoms with Crippen molar-refractivity contribution in [2.45, 2.75) is 32.2 Å². The van der Waals surface area contributed by atoms with Gasteiger partial charge in [0.1, 0.15) is 12.0 Å². The first kappa shape index (κ1) is 17.5. The molecule has 0 saturated carbocycles. The highest BCUT2D eigenvalue weighted by atomic mass is 16.1. The predicted molar refractivity (Wildman–Crippen MR) is 96.0 cm³/mol. The first-order valence-electron chi connectivity index (χ1n) is 8.89. The lowest BCUT2D eigenvalue weighted by Crippen LogP contribution is -2.24. The number of pyridine rings is 1. The van der Waals surface area contributed by atoms with Crippen LogP contribution < -0.4 is 5.32 Å². The van der Waals surface area contributed by atoms with Crippen LogP contribution in [-0.4, -0.2) is 45.9 Å². The number of nitrogens with one attached hydrogen (secondary N) is 1. The Morgan fingerprint density at radius 2 is 2.24 bits per heavy atom. The van der Waals surface area contributed by atoms with Crippen molar-refractivity contribution in [3.63, 3.8) is 0 Å². The molecular weight excluding hydrogens is 314 g/mol. The van der Waals surface area contributed by atoms with E-state index in [2.05, 4.69) is 31.2 Å². The number of hydrogen-bond acceptors (Lipinski definition) is 5. The standard InChI is InChI=1S/C19H25N5O/c1-20-19(25)18-11-17(22-14-23-18)10-15-5-3-8-24(9-6-15)13-16-4-2-7-21-12-16/h2,4,7,11-12,14-15H,3,5-6,8-10,13H2,1H3,(H,20,25)/t15-/m1/s1. The molecule has 1 atom stereocenters. The number of nitrogens with zero attached hydrogens (tertiary/aromatic N) is 4. The Bertz CT molecular complexity index is 691. The molecule has 0 spiro atoms. The van der Waals surface area contributed by atoms with E-state index in [-0.39, 0.29) is 5.91 Å². The average molecular weight is 339 g/mol. The number of aromatic nitrogens is 3. The monoisotopic (exact) mass is 339 g/mol. The van der Waals surface area contributed by atoms with Crippen molar-refractivity contribution in [2.75, 3.05) is 20.1 Å². The minimum atomic E-state index is -0.160. The second kappa shape index (κ2) is 8.67. The molecule has 2 aromatic rings. The lowest BCUT2D eigenvalue weighted by molar-refractivity contribution is 0.0958. The van der Waals surface area contributed by atoms with E-state index in [1.807, 2.05) is 24.5 Å². The molecule has 6 heteroatoms. The normalized spacial score (nSPS) is 18.5. The number of carbonyl (C=O) groups is 1. The van der Waals surface area contributed by atoms with E-state index < -0.39 is 0 Å². The Morgan fingerprint density at radius 1 is 1.32 bits per heavy atom. The minimum Gasteiger partial charge on any atom is -0.354 e. The maximum atomic E-state index is 11.7. The van der Waals surface area contributed by atoms with Crippen molar-refractivity contribution in [1.29, 1.82) is 0 Å². The topological polar surface area (TPSA) is 71.0 Å². The van der Waals surface area contributed by atoms with Gasteiger partial charge in [0.05, 0.1) is 0 Å². The van der Waals surface area contributed by atoms with Crippen LogP contribution in [0.25, 0.3) is 0 Å². The van der Waals surface area contributed by atoms with Gasteiger partial charge in [-0.3, -0.25) is 14.7 Å². The van der Waals surface area contributed by atoms with Gasteiger partial charge in [-0.15, -0.1) is 0 Å². The molecular formula is C19H25N5O. The third-order valence-corrected chi connectivity index (χ3v) is 4.75. The molecule has 0 aliphatic carbocycles. The van der Waals surface area contributed by atoms with Gasteiger partial charge in [-0.25, -0.2) is 9.97 Å². The van der Waals surface area contributed by atoms with Gasteiger partial charge in [0.25, 0.3) is 5.91 Å². The molecule has 1 saturated heterocycles. The summed E-state index contributed by atoms with van der Waals surface area (Å²) in [6.45, 7) is 3.18. The molecule has 3 rings (SSSR count). The number of rotatable bonds is 5. The van der Waals surface area contributed by atoms with Gasteiger partial charge in [-0.1, -0.05) is 6.07 Å². The zero-order valence-corrected chi connectivity index (χ0v) is 14.7. The molecule has 0 unspecified atom stereocenters. The molecule has 1 amide bonds. The number of amides is 1. The van der Waals surface area contributed by atoms with Crippen LogP contribution in [0.5, 0.6) is 0 Å². The summed E-state index contributed by atoms with van der Waals surface area (Å²) in [5.74, 6) is 0.443. The Morgan fingerprint density at radius 3 is 3.04 bits per heavy atom. The van der Waals surface area contributed by atoms with Crippen molar-refractivity contribution in [1.82, 2.24) is 25.2 Å². The maximum absolute atomic E-state index is 11.7. The summed E-state index contributed by atoms with van der Waals surface area (Å²) in [5.41, 5.74) is 2.67. The average Bonchev–Trinajstić information content (AvgIpc) is 2.87. The van der Waals surface area contributed by atoms with Gasteiger partial charge in [0.15, 0.2) is 0 Å². The van der Waals surface area contributed by atoms with Crippen molar-refractivity contribution >= 4 is 5.91 Å². The Balaban J connectivity index is 1.55. The SMILES string of the molecule is CNC(=O)c1cc(C[C@@H]2CCCN(Cc3cccnc3)CC2)ncn1.